The average Bonchev–Trinajstić information content (AvgIpc) is 2.76. The molecule has 2 nitrogen and oxygen atoms in total. The van der Waals surface area contributed by atoms with Gasteiger partial charge in [-0.3, -0.25) is 0 Å². The molecule has 1 aromatic carbocycles. The number of esters is 1. The van der Waals surface area contributed by atoms with Crippen molar-refractivity contribution in [2.24, 2.45) is 17.8 Å². The van der Waals surface area contributed by atoms with Crippen LogP contribution in [0.25, 0.3) is 0 Å². The zero-order valence-electron chi connectivity index (χ0n) is 18.3. The van der Waals surface area contributed by atoms with Gasteiger partial charge in [-0.15, -0.1) is 0 Å². The van der Waals surface area contributed by atoms with Gasteiger partial charge in [-0.25, -0.2) is 13.6 Å². The van der Waals surface area contributed by atoms with Crippen molar-refractivity contribution in [2.75, 3.05) is 0 Å². The number of halogens is 2. The van der Waals surface area contributed by atoms with Gasteiger partial charge in [0.15, 0.2) is 11.6 Å². The molecule has 2 aliphatic carbocycles. The van der Waals surface area contributed by atoms with E-state index in [1.807, 2.05) is 0 Å². The summed E-state index contributed by atoms with van der Waals surface area (Å²) in [6.07, 6.45) is 16.1. The molecule has 0 unspecified atom stereocenters. The molecule has 3 rings (SSSR count). The number of hydrogen-bond acceptors (Lipinski definition) is 2. The van der Waals surface area contributed by atoms with Crippen LogP contribution in [0.4, 0.5) is 8.78 Å². The summed E-state index contributed by atoms with van der Waals surface area (Å²) in [7, 11) is 0. The molecule has 1 aromatic rings. The highest BCUT2D eigenvalue weighted by atomic mass is 19.1. The van der Waals surface area contributed by atoms with Crippen LogP contribution in [0.1, 0.15) is 95.5 Å². The molecule has 2 fully saturated rings. The summed E-state index contributed by atoms with van der Waals surface area (Å²) < 4.78 is 33.3. The lowest BCUT2D eigenvalue weighted by molar-refractivity contribution is -0.129. The van der Waals surface area contributed by atoms with Gasteiger partial charge in [-0.05, 0) is 79.9 Å². The second-order valence-corrected chi connectivity index (χ2v) is 9.33. The van der Waals surface area contributed by atoms with E-state index in [0.29, 0.717) is 5.56 Å². The first kappa shape index (κ1) is 23.0. The molecule has 0 radical (unpaired) electrons. The number of unbranched alkanes of at least 4 members (excludes halogenated alkanes) is 2. The maximum absolute atomic E-state index is 14.3. The first-order valence-electron chi connectivity index (χ1n) is 11.8. The lowest BCUT2D eigenvalue weighted by atomic mass is 9.68. The number of ether oxygens (including phenoxy) is 1. The molecule has 30 heavy (non-hydrogen) atoms. The Morgan fingerprint density at radius 3 is 2.10 bits per heavy atom. The number of hydrogen-bond donors (Lipinski definition) is 0. The molecule has 0 N–H and O–H groups in total. The molecule has 0 spiro atoms. The Hall–Kier alpha value is -1.71. The zero-order valence-corrected chi connectivity index (χ0v) is 18.3. The van der Waals surface area contributed by atoms with Gasteiger partial charge < -0.3 is 4.74 Å². The molecule has 2 saturated carbocycles. The number of carbonyl (C=O) groups is 1. The van der Waals surface area contributed by atoms with Gasteiger partial charge in [0.25, 0.3) is 0 Å². The Kier molecular flexibility index (Phi) is 8.47. The molecule has 166 valence electrons. The van der Waals surface area contributed by atoms with E-state index < -0.39 is 23.4 Å². The number of benzene rings is 1. The second-order valence-electron chi connectivity index (χ2n) is 9.33. The maximum Gasteiger partial charge on any atom is 0.335 e. The fraction of sp³-hybridized carbons (Fsp3) is 0.654. The molecule has 4 heteroatoms. The summed E-state index contributed by atoms with van der Waals surface area (Å²) in [6.45, 7) is 5.52. The number of carbonyl (C=O) groups excluding carboxylic acids is 1. The molecule has 0 bridgehead atoms. The molecule has 0 saturated heterocycles. The summed E-state index contributed by atoms with van der Waals surface area (Å²) in [5, 5.41) is 0. The van der Waals surface area contributed by atoms with E-state index in [4.69, 9.17) is 4.74 Å². The Bertz CT molecular complexity index is 691. The molecular formula is C26H36F2O2. The monoisotopic (exact) mass is 418 g/mol. The summed E-state index contributed by atoms with van der Waals surface area (Å²) >= 11 is 0. The van der Waals surface area contributed by atoms with Gasteiger partial charge in [0.05, 0.1) is 0 Å². The summed E-state index contributed by atoms with van der Waals surface area (Å²) in [6, 6.07) is 2.67. The van der Waals surface area contributed by atoms with E-state index in [1.54, 1.807) is 0 Å². The first-order valence-corrected chi connectivity index (χ1v) is 11.8. The molecule has 0 aromatic heterocycles. The van der Waals surface area contributed by atoms with Gasteiger partial charge in [0.2, 0.25) is 5.75 Å². The minimum Gasteiger partial charge on any atom is -0.417 e. The van der Waals surface area contributed by atoms with Crippen molar-refractivity contribution in [1.82, 2.24) is 0 Å². The molecule has 0 heterocycles. The topological polar surface area (TPSA) is 26.3 Å². The van der Waals surface area contributed by atoms with Crippen LogP contribution >= 0.6 is 0 Å². The normalized spacial score (nSPS) is 26.9. The van der Waals surface area contributed by atoms with Crippen LogP contribution in [0.5, 0.6) is 5.75 Å². The summed E-state index contributed by atoms with van der Waals surface area (Å²) in [5.74, 6) is -0.409. The van der Waals surface area contributed by atoms with Crippen LogP contribution in [0.15, 0.2) is 24.8 Å². The van der Waals surface area contributed by atoms with Crippen LogP contribution in [-0.4, -0.2) is 5.97 Å². The SMILES string of the molecule is C=CC(=O)Oc1c(F)cc(C2CCC(C3CCC(CCCCC)CC3)CC2)cc1F. The minimum atomic E-state index is -0.860. The summed E-state index contributed by atoms with van der Waals surface area (Å²) in [5.41, 5.74) is 0.682. The Morgan fingerprint density at radius 1 is 1.00 bits per heavy atom. The van der Waals surface area contributed by atoms with Gasteiger partial charge in [0.1, 0.15) is 0 Å². The number of rotatable bonds is 8. The molecule has 0 amide bonds. The van der Waals surface area contributed by atoms with Gasteiger partial charge >= 0.3 is 5.97 Å². The third-order valence-electron chi connectivity index (χ3n) is 7.41. The van der Waals surface area contributed by atoms with Crippen molar-refractivity contribution >= 4 is 5.97 Å². The van der Waals surface area contributed by atoms with E-state index in [2.05, 4.69) is 13.5 Å². The predicted octanol–water partition coefficient (Wildman–Crippen LogP) is 7.72. The fourth-order valence-electron chi connectivity index (χ4n) is 5.61. The highest BCUT2D eigenvalue weighted by Gasteiger charge is 2.31. The van der Waals surface area contributed by atoms with Gasteiger partial charge in [-0.1, -0.05) is 52.0 Å². The standard InChI is InChI=1S/C26H36F2O2/c1-3-5-6-7-18-8-10-19(11-9-18)20-12-14-21(15-13-20)22-16-23(27)26(24(28)17-22)30-25(29)4-2/h4,16-21H,2-3,5-15H2,1H3. The van der Waals surface area contributed by atoms with E-state index in [1.165, 1.54) is 63.5 Å². The van der Waals surface area contributed by atoms with Crippen LogP contribution < -0.4 is 4.74 Å². The van der Waals surface area contributed by atoms with E-state index in [9.17, 15) is 13.6 Å². The summed E-state index contributed by atoms with van der Waals surface area (Å²) in [4.78, 5) is 11.3. The van der Waals surface area contributed by atoms with Crippen LogP contribution in [0.3, 0.4) is 0 Å². The molecule has 0 aliphatic heterocycles. The van der Waals surface area contributed by atoms with E-state index in [-0.39, 0.29) is 5.92 Å². The Balaban J connectivity index is 1.50. The van der Waals surface area contributed by atoms with Crippen molar-refractivity contribution < 1.29 is 18.3 Å². The third-order valence-corrected chi connectivity index (χ3v) is 7.41. The quantitative estimate of drug-likeness (QED) is 0.187. The molecular weight excluding hydrogens is 382 g/mol. The van der Waals surface area contributed by atoms with E-state index >= 15 is 0 Å². The van der Waals surface area contributed by atoms with Gasteiger partial charge in [-0.2, -0.15) is 0 Å². The van der Waals surface area contributed by atoms with Crippen LogP contribution in [-0.2, 0) is 4.79 Å². The van der Waals surface area contributed by atoms with E-state index in [0.717, 1.165) is 49.5 Å². The zero-order chi connectivity index (χ0) is 21.5. The van der Waals surface area contributed by atoms with Crippen molar-refractivity contribution in [3.63, 3.8) is 0 Å². The van der Waals surface area contributed by atoms with Crippen molar-refractivity contribution in [3.8, 4) is 5.75 Å². The second kappa shape index (κ2) is 11.1. The average molecular weight is 419 g/mol. The maximum atomic E-state index is 14.3. The van der Waals surface area contributed by atoms with Crippen molar-refractivity contribution in [2.45, 2.75) is 89.9 Å². The lowest BCUT2D eigenvalue weighted by Gasteiger charge is -2.38. The smallest absolute Gasteiger partial charge is 0.335 e. The van der Waals surface area contributed by atoms with Crippen molar-refractivity contribution in [3.05, 3.63) is 42.0 Å². The largest absolute Gasteiger partial charge is 0.417 e. The predicted molar refractivity (Wildman–Crippen MR) is 116 cm³/mol. The fourth-order valence-corrected chi connectivity index (χ4v) is 5.61. The highest BCUT2D eigenvalue weighted by molar-refractivity contribution is 5.83. The minimum absolute atomic E-state index is 0.180. The van der Waals surface area contributed by atoms with Crippen LogP contribution in [0, 0.1) is 29.4 Å². The highest BCUT2D eigenvalue weighted by Crippen LogP contribution is 2.45. The van der Waals surface area contributed by atoms with Crippen LogP contribution in [0.2, 0.25) is 0 Å². The van der Waals surface area contributed by atoms with Crippen molar-refractivity contribution in [1.29, 1.82) is 0 Å². The molecule has 2 aliphatic rings. The molecule has 0 atom stereocenters. The third kappa shape index (κ3) is 5.92. The van der Waals surface area contributed by atoms with Gasteiger partial charge in [0, 0.05) is 6.08 Å². The Labute approximate surface area is 180 Å². The lowest BCUT2D eigenvalue weighted by Crippen LogP contribution is -2.25. The first-order chi connectivity index (χ1) is 14.5. The Morgan fingerprint density at radius 2 is 1.57 bits per heavy atom.